The molecule has 2 heterocycles. The number of hydrogen-bond acceptors (Lipinski definition) is 6. The number of pyridine rings is 1. The lowest BCUT2D eigenvalue weighted by Gasteiger charge is -2.10. The largest absolute Gasteiger partial charge is 0.573 e. The topological polar surface area (TPSA) is 111 Å². The van der Waals surface area contributed by atoms with Crippen LogP contribution in [-0.4, -0.2) is 25.7 Å². The number of aromatic nitrogens is 1. The van der Waals surface area contributed by atoms with E-state index in [2.05, 4.69) is 19.8 Å². The molecule has 1 amide bonds. The molecular formula is C17H12F3N3O5S. The molecule has 0 radical (unpaired) electrons. The Morgan fingerprint density at radius 2 is 1.76 bits per heavy atom. The van der Waals surface area contributed by atoms with Gasteiger partial charge in [0, 0.05) is 11.9 Å². The summed E-state index contributed by atoms with van der Waals surface area (Å²) in [6, 6.07) is 9.47. The summed E-state index contributed by atoms with van der Waals surface area (Å²) in [5.41, 5.74) is 0.356. The number of furan rings is 1. The van der Waals surface area contributed by atoms with Crippen molar-refractivity contribution in [1.29, 1.82) is 0 Å². The van der Waals surface area contributed by atoms with Crippen LogP contribution in [0.25, 0.3) is 0 Å². The Labute approximate surface area is 162 Å². The van der Waals surface area contributed by atoms with Gasteiger partial charge >= 0.3 is 6.36 Å². The van der Waals surface area contributed by atoms with Gasteiger partial charge in [0.15, 0.2) is 5.76 Å². The Morgan fingerprint density at radius 1 is 1.03 bits per heavy atom. The number of nitrogens with one attached hydrogen (secondary N) is 2. The Morgan fingerprint density at radius 3 is 2.38 bits per heavy atom. The van der Waals surface area contributed by atoms with Crippen LogP contribution in [0.15, 0.2) is 70.4 Å². The van der Waals surface area contributed by atoms with Crippen molar-refractivity contribution < 1.29 is 35.5 Å². The first-order chi connectivity index (χ1) is 13.6. The van der Waals surface area contributed by atoms with E-state index in [0.29, 0.717) is 5.69 Å². The molecule has 0 bridgehead atoms. The number of carbonyl (C=O) groups is 1. The lowest BCUT2D eigenvalue weighted by atomic mass is 10.3. The van der Waals surface area contributed by atoms with Crippen LogP contribution in [0.4, 0.5) is 24.5 Å². The first-order valence-electron chi connectivity index (χ1n) is 7.82. The van der Waals surface area contributed by atoms with E-state index in [1.165, 1.54) is 18.5 Å². The summed E-state index contributed by atoms with van der Waals surface area (Å²) in [5, 5.41) is 1.93. The van der Waals surface area contributed by atoms with E-state index in [-0.39, 0.29) is 11.4 Å². The Balaban J connectivity index is 1.69. The monoisotopic (exact) mass is 427 g/mol. The lowest BCUT2D eigenvalue weighted by Crippen LogP contribution is -2.17. The van der Waals surface area contributed by atoms with Crippen molar-refractivity contribution >= 4 is 27.3 Å². The highest BCUT2D eigenvalue weighted by Gasteiger charge is 2.31. The van der Waals surface area contributed by atoms with Crippen molar-refractivity contribution in [3.8, 4) is 5.75 Å². The van der Waals surface area contributed by atoms with Crippen molar-refractivity contribution in [2.24, 2.45) is 0 Å². The molecule has 0 aliphatic carbocycles. The number of carbonyl (C=O) groups excluding carboxylic acids is 1. The molecule has 0 atom stereocenters. The molecule has 12 heteroatoms. The third-order valence-corrected chi connectivity index (χ3v) is 4.58. The number of hydrogen-bond donors (Lipinski definition) is 2. The highest BCUT2D eigenvalue weighted by molar-refractivity contribution is 7.92. The number of amides is 1. The van der Waals surface area contributed by atoms with Crippen molar-refractivity contribution in [2.45, 2.75) is 11.5 Å². The molecule has 3 rings (SSSR count). The second kappa shape index (κ2) is 7.83. The molecule has 0 saturated heterocycles. The van der Waals surface area contributed by atoms with E-state index in [1.807, 2.05) is 0 Å². The van der Waals surface area contributed by atoms with Gasteiger partial charge in [0.2, 0.25) is 5.09 Å². The maximum absolute atomic E-state index is 12.4. The zero-order valence-corrected chi connectivity index (χ0v) is 15.1. The second-order valence-corrected chi connectivity index (χ2v) is 7.11. The molecule has 3 aromatic rings. The van der Waals surface area contributed by atoms with E-state index in [0.717, 1.165) is 30.3 Å². The maximum Gasteiger partial charge on any atom is 0.573 e. The van der Waals surface area contributed by atoms with E-state index in [9.17, 15) is 26.4 Å². The minimum Gasteiger partial charge on any atom is -0.438 e. The summed E-state index contributed by atoms with van der Waals surface area (Å²) in [7, 11) is -4.22. The molecule has 8 nitrogen and oxygen atoms in total. The Kier molecular flexibility index (Phi) is 5.46. The summed E-state index contributed by atoms with van der Waals surface area (Å²) in [5.74, 6) is -1.45. The Bertz CT molecular complexity index is 1100. The summed E-state index contributed by atoms with van der Waals surface area (Å²) in [6.45, 7) is 0. The smallest absolute Gasteiger partial charge is 0.438 e. The van der Waals surface area contributed by atoms with Gasteiger partial charge in [-0.1, -0.05) is 0 Å². The minimum atomic E-state index is -4.86. The van der Waals surface area contributed by atoms with E-state index in [4.69, 9.17) is 4.42 Å². The van der Waals surface area contributed by atoms with E-state index < -0.39 is 33.1 Å². The summed E-state index contributed by atoms with van der Waals surface area (Å²) in [4.78, 5) is 15.9. The molecule has 0 fully saturated rings. The number of halogens is 3. The molecule has 152 valence electrons. The minimum absolute atomic E-state index is 0.0303. The van der Waals surface area contributed by atoms with Gasteiger partial charge in [-0.2, -0.15) is 8.42 Å². The van der Waals surface area contributed by atoms with Crippen molar-refractivity contribution in [3.63, 3.8) is 0 Å². The van der Waals surface area contributed by atoms with Gasteiger partial charge in [-0.15, -0.1) is 13.2 Å². The molecule has 29 heavy (non-hydrogen) atoms. The van der Waals surface area contributed by atoms with Gasteiger partial charge < -0.3 is 14.5 Å². The van der Waals surface area contributed by atoms with Crippen LogP contribution < -0.4 is 14.8 Å². The van der Waals surface area contributed by atoms with Crippen LogP contribution in [-0.2, 0) is 10.0 Å². The third-order valence-electron chi connectivity index (χ3n) is 3.33. The van der Waals surface area contributed by atoms with Crippen molar-refractivity contribution in [1.82, 2.24) is 4.98 Å². The molecule has 1 aromatic carbocycles. The summed E-state index contributed by atoms with van der Waals surface area (Å²) in [6.07, 6.45) is -1.95. The van der Waals surface area contributed by atoms with Gasteiger partial charge in [0.1, 0.15) is 5.75 Å². The molecule has 2 aromatic heterocycles. The molecule has 0 spiro atoms. The van der Waals surface area contributed by atoms with Crippen molar-refractivity contribution in [3.05, 3.63) is 66.7 Å². The normalized spacial score (nSPS) is 11.7. The second-order valence-electron chi connectivity index (χ2n) is 5.49. The number of nitrogens with zero attached hydrogens (tertiary/aromatic N) is 1. The van der Waals surface area contributed by atoms with Crippen LogP contribution in [0.3, 0.4) is 0 Å². The maximum atomic E-state index is 12.4. The van der Waals surface area contributed by atoms with E-state index >= 15 is 0 Å². The highest BCUT2D eigenvalue weighted by atomic mass is 32.2. The van der Waals surface area contributed by atoms with Crippen molar-refractivity contribution in [2.75, 3.05) is 10.0 Å². The number of ether oxygens (including phenoxy) is 1. The SMILES string of the molecule is O=C(Nc1cccnc1)c1ccc(S(=O)(=O)Nc2ccc(OC(F)(F)F)cc2)o1. The first kappa shape index (κ1) is 20.2. The number of alkyl halides is 3. The summed E-state index contributed by atoms with van der Waals surface area (Å²) < 4.78 is 72.1. The van der Waals surface area contributed by atoms with Gasteiger partial charge in [0.05, 0.1) is 11.9 Å². The van der Waals surface area contributed by atoms with Gasteiger partial charge in [-0.05, 0) is 48.5 Å². The third kappa shape index (κ3) is 5.48. The Hall–Kier alpha value is -3.54. The van der Waals surface area contributed by atoms with E-state index in [1.54, 1.807) is 12.1 Å². The van der Waals surface area contributed by atoms with Gasteiger partial charge in [0.25, 0.3) is 15.9 Å². The number of anilines is 2. The predicted octanol–water partition coefficient (Wildman–Crippen LogP) is 3.63. The fraction of sp³-hybridized carbons (Fsp3) is 0.0588. The zero-order chi connectivity index (χ0) is 21.1. The fourth-order valence-corrected chi connectivity index (χ4v) is 3.14. The van der Waals surface area contributed by atoms with Crippen LogP contribution in [0.2, 0.25) is 0 Å². The van der Waals surface area contributed by atoms with Gasteiger partial charge in [-0.25, -0.2) is 0 Å². The lowest BCUT2D eigenvalue weighted by molar-refractivity contribution is -0.274. The molecule has 0 aliphatic heterocycles. The van der Waals surface area contributed by atoms with Crippen LogP contribution in [0.5, 0.6) is 5.75 Å². The average Bonchev–Trinajstić information content (AvgIpc) is 3.14. The first-order valence-corrected chi connectivity index (χ1v) is 9.30. The molecule has 0 saturated carbocycles. The van der Waals surface area contributed by atoms with Gasteiger partial charge in [-0.3, -0.25) is 14.5 Å². The average molecular weight is 427 g/mol. The standard InChI is InChI=1S/C17H12F3N3O5S/c18-17(19,20)28-13-5-3-11(4-6-13)23-29(25,26)15-8-7-14(27-15)16(24)22-12-2-1-9-21-10-12/h1-10,23H,(H,22,24). The zero-order valence-electron chi connectivity index (χ0n) is 14.3. The molecular weight excluding hydrogens is 415 g/mol. The molecule has 2 N–H and O–H groups in total. The molecule has 0 aliphatic rings. The number of rotatable bonds is 6. The summed E-state index contributed by atoms with van der Waals surface area (Å²) >= 11 is 0. The predicted molar refractivity (Wildman–Crippen MR) is 94.8 cm³/mol. The van der Waals surface area contributed by atoms with Crippen LogP contribution in [0.1, 0.15) is 10.6 Å². The number of benzene rings is 1. The molecule has 0 unspecified atom stereocenters. The van der Waals surface area contributed by atoms with Crippen LogP contribution in [0, 0.1) is 0 Å². The fourth-order valence-electron chi connectivity index (χ4n) is 2.15. The quantitative estimate of drug-likeness (QED) is 0.622. The number of sulfonamides is 1. The highest BCUT2D eigenvalue weighted by Crippen LogP contribution is 2.25. The van der Waals surface area contributed by atoms with Crippen LogP contribution >= 0.6 is 0 Å².